The van der Waals surface area contributed by atoms with Gasteiger partial charge in [-0.25, -0.2) is 4.98 Å². The van der Waals surface area contributed by atoms with Gasteiger partial charge in [0.2, 0.25) is 0 Å². The minimum absolute atomic E-state index is 0.170. The van der Waals surface area contributed by atoms with Crippen molar-refractivity contribution in [1.82, 2.24) is 15.0 Å². The number of pyridine rings is 2. The highest BCUT2D eigenvalue weighted by atomic mass is 32.1. The molecular weight excluding hydrogens is 310 g/mol. The zero-order valence-electron chi connectivity index (χ0n) is 12.2. The molecule has 1 N–H and O–H groups in total. The largest absolute Gasteiger partial charge is 0.369 e. The van der Waals surface area contributed by atoms with Crippen molar-refractivity contribution >= 4 is 27.9 Å². The van der Waals surface area contributed by atoms with Crippen LogP contribution in [0.25, 0.3) is 10.9 Å². The third-order valence-corrected chi connectivity index (χ3v) is 5.14. The van der Waals surface area contributed by atoms with Crippen molar-refractivity contribution < 1.29 is 0 Å². The normalized spacial score (nSPS) is 17.5. The number of nitrogens with zero attached hydrogens (tertiary/aromatic N) is 4. The Labute approximate surface area is 136 Å². The summed E-state index contributed by atoms with van der Waals surface area (Å²) in [5.74, 6) is 0.345. The summed E-state index contributed by atoms with van der Waals surface area (Å²) in [6.07, 6.45) is 6.09. The second kappa shape index (κ2) is 5.48. The number of hydrogen-bond donors (Lipinski definition) is 1. The molecule has 6 nitrogen and oxygen atoms in total. The van der Waals surface area contributed by atoms with E-state index < -0.39 is 0 Å². The maximum Gasteiger partial charge on any atom is 0.268 e. The summed E-state index contributed by atoms with van der Waals surface area (Å²) in [6.45, 7) is 1.57. The Balaban J connectivity index is 1.83. The van der Waals surface area contributed by atoms with Crippen LogP contribution in [0.2, 0.25) is 0 Å². The smallest absolute Gasteiger partial charge is 0.268 e. The van der Waals surface area contributed by atoms with Crippen molar-refractivity contribution in [2.45, 2.75) is 12.3 Å². The van der Waals surface area contributed by atoms with Gasteiger partial charge in [-0.05, 0) is 12.5 Å². The van der Waals surface area contributed by atoms with Crippen molar-refractivity contribution in [3.05, 3.63) is 51.0 Å². The lowest BCUT2D eigenvalue weighted by Crippen LogP contribution is -2.24. The number of hydrogen-bond acceptors (Lipinski definition) is 6. The van der Waals surface area contributed by atoms with Crippen molar-refractivity contribution in [3.8, 4) is 6.07 Å². The summed E-state index contributed by atoms with van der Waals surface area (Å²) in [5, 5.41) is 13.4. The van der Waals surface area contributed by atoms with Crippen LogP contribution in [0, 0.1) is 11.3 Å². The second-order valence-corrected chi connectivity index (χ2v) is 6.44. The van der Waals surface area contributed by atoms with E-state index in [0.717, 1.165) is 29.9 Å². The molecule has 0 aliphatic carbocycles. The molecule has 4 rings (SSSR count). The van der Waals surface area contributed by atoms with Gasteiger partial charge in [0.05, 0.1) is 22.4 Å². The van der Waals surface area contributed by atoms with Crippen LogP contribution in [0.3, 0.4) is 0 Å². The fourth-order valence-electron chi connectivity index (χ4n) is 3.16. The standard InChI is InChI=1S/C16H13N5OS/c17-7-12-14(11-1-3-18-8-13(11)20-15(12)22)21-5-2-10(9-21)16-19-4-6-23-16/h1,3-4,6,8,10H,2,5,9H2,(H,20,22)/t10-/m1/s1. The number of H-pyrrole nitrogens is 1. The molecule has 1 aliphatic heterocycles. The van der Waals surface area contributed by atoms with Gasteiger partial charge >= 0.3 is 0 Å². The highest BCUT2D eigenvalue weighted by Crippen LogP contribution is 2.35. The number of aromatic amines is 1. The van der Waals surface area contributed by atoms with E-state index in [2.05, 4.69) is 25.9 Å². The molecule has 114 valence electrons. The molecule has 3 aromatic heterocycles. The van der Waals surface area contributed by atoms with Gasteiger partial charge in [-0.3, -0.25) is 9.78 Å². The van der Waals surface area contributed by atoms with Gasteiger partial charge < -0.3 is 9.88 Å². The first-order chi connectivity index (χ1) is 11.3. The number of fused-ring (bicyclic) bond motifs is 1. The summed E-state index contributed by atoms with van der Waals surface area (Å²) in [7, 11) is 0. The highest BCUT2D eigenvalue weighted by Gasteiger charge is 2.29. The molecule has 1 fully saturated rings. The third-order valence-electron chi connectivity index (χ3n) is 4.21. The molecular formula is C16H13N5OS. The Bertz CT molecular complexity index is 957. The SMILES string of the molecule is N#Cc1c(N2CC[C@@H](c3nccs3)C2)c2ccncc2[nH]c1=O. The molecule has 0 unspecified atom stereocenters. The van der Waals surface area contributed by atoms with Gasteiger partial charge in [0.1, 0.15) is 11.6 Å². The Hall–Kier alpha value is -2.72. The van der Waals surface area contributed by atoms with Crippen molar-refractivity contribution in [3.63, 3.8) is 0 Å². The van der Waals surface area contributed by atoms with Crippen LogP contribution in [0.5, 0.6) is 0 Å². The molecule has 23 heavy (non-hydrogen) atoms. The molecule has 0 amide bonds. The molecule has 7 heteroatoms. The molecule has 0 radical (unpaired) electrons. The Morgan fingerprint density at radius 1 is 1.43 bits per heavy atom. The van der Waals surface area contributed by atoms with Gasteiger partial charge in [-0.15, -0.1) is 11.3 Å². The number of anilines is 1. The topological polar surface area (TPSA) is 85.7 Å². The zero-order valence-corrected chi connectivity index (χ0v) is 13.0. The predicted molar refractivity (Wildman–Crippen MR) is 88.8 cm³/mol. The van der Waals surface area contributed by atoms with E-state index in [-0.39, 0.29) is 11.1 Å². The monoisotopic (exact) mass is 323 g/mol. The van der Waals surface area contributed by atoms with E-state index in [1.807, 2.05) is 17.6 Å². The first kappa shape index (κ1) is 13.9. The molecule has 0 aromatic carbocycles. The Kier molecular flexibility index (Phi) is 3.32. The van der Waals surface area contributed by atoms with Gasteiger partial charge in [0, 0.05) is 42.2 Å². The van der Waals surface area contributed by atoms with E-state index in [9.17, 15) is 10.1 Å². The summed E-state index contributed by atoms with van der Waals surface area (Å²) in [4.78, 5) is 25.5. The number of aromatic nitrogens is 3. The van der Waals surface area contributed by atoms with Crippen molar-refractivity contribution in [2.24, 2.45) is 0 Å². The first-order valence-corrected chi connectivity index (χ1v) is 8.20. The molecule has 1 saturated heterocycles. The molecule has 0 bridgehead atoms. The minimum Gasteiger partial charge on any atom is -0.369 e. The Morgan fingerprint density at radius 2 is 2.35 bits per heavy atom. The third kappa shape index (κ3) is 2.28. The van der Waals surface area contributed by atoms with E-state index >= 15 is 0 Å². The van der Waals surface area contributed by atoms with Gasteiger partial charge in [0.25, 0.3) is 5.56 Å². The van der Waals surface area contributed by atoms with Gasteiger partial charge in [-0.1, -0.05) is 0 Å². The second-order valence-electron chi connectivity index (χ2n) is 5.51. The molecule has 4 heterocycles. The molecule has 1 atom stereocenters. The quantitative estimate of drug-likeness (QED) is 0.781. The zero-order chi connectivity index (χ0) is 15.8. The lowest BCUT2D eigenvalue weighted by molar-refractivity contribution is 0.766. The van der Waals surface area contributed by atoms with E-state index in [1.54, 1.807) is 23.7 Å². The van der Waals surface area contributed by atoms with Crippen LogP contribution < -0.4 is 10.5 Å². The first-order valence-electron chi connectivity index (χ1n) is 7.32. The van der Waals surface area contributed by atoms with Crippen molar-refractivity contribution in [1.29, 1.82) is 5.26 Å². The molecule has 0 saturated carbocycles. The average molecular weight is 323 g/mol. The van der Waals surface area contributed by atoms with Crippen LogP contribution >= 0.6 is 11.3 Å². The summed E-state index contributed by atoms with van der Waals surface area (Å²) in [5.41, 5.74) is 1.18. The predicted octanol–water partition coefficient (Wildman–Crippen LogP) is 2.25. The van der Waals surface area contributed by atoms with Crippen LogP contribution in [-0.4, -0.2) is 28.0 Å². The molecule has 0 spiro atoms. The number of nitrogens with one attached hydrogen (secondary N) is 1. The maximum atomic E-state index is 12.2. The molecule has 3 aromatic rings. The summed E-state index contributed by atoms with van der Waals surface area (Å²) < 4.78 is 0. The Morgan fingerprint density at radius 3 is 3.13 bits per heavy atom. The lowest BCUT2D eigenvalue weighted by atomic mass is 10.1. The van der Waals surface area contributed by atoms with Crippen LogP contribution in [0.15, 0.2) is 34.8 Å². The highest BCUT2D eigenvalue weighted by molar-refractivity contribution is 7.09. The van der Waals surface area contributed by atoms with Crippen LogP contribution in [-0.2, 0) is 0 Å². The van der Waals surface area contributed by atoms with Crippen molar-refractivity contribution in [2.75, 3.05) is 18.0 Å². The minimum atomic E-state index is -0.360. The maximum absolute atomic E-state index is 12.2. The van der Waals surface area contributed by atoms with Crippen LogP contribution in [0.1, 0.15) is 22.9 Å². The van der Waals surface area contributed by atoms with Gasteiger partial charge in [0.15, 0.2) is 0 Å². The average Bonchev–Trinajstić information content (AvgIpc) is 3.24. The summed E-state index contributed by atoms with van der Waals surface area (Å²) >= 11 is 1.65. The fraction of sp³-hybridized carbons (Fsp3) is 0.250. The number of nitriles is 1. The number of rotatable bonds is 2. The van der Waals surface area contributed by atoms with E-state index in [0.29, 0.717) is 17.1 Å². The molecule has 1 aliphatic rings. The van der Waals surface area contributed by atoms with E-state index in [1.165, 1.54) is 0 Å². The fourth-order valence-corrected chi connectivity index (χ4v) is 3.93. The van der Waals surface area contributed by atoms with E-state index in [4.69, 9.17) is 0 Å². The summed E-state index contributed by atoms with van der Waals surface area (Å²) in [6, 6.07) is 3.91. The van der Waals surface area contributed by atoms with Crippen LogP contribution in [0.4, 0.5) is 5.69 Å². The van der Waals surface area contributed by atoms with Gasteiger partial charge in [-0.2, -0.15) is 5.26 Å². The lowest BCUT2D eigenvalue weighted by Gasteiger charge is -2.21. The number of thiazole rings is 1.